The number of hydrogen-bond donors (Lipinski definition) is 0. The Kier molecular flexibility index (Phi) is 8.21. The Morgan fingerprint density at radius 1 is 0.321 bits per heavy atom. The molecule has 3 heteroatoms. The van der Waals surface area contributed by atoms with E-state index < -0.39 is 0 Å². The first kappa shape index (κ1) is 32.9. The van der Waals surface area contributed by atoms with Crippen molar-refractivity contribution in [3.8, 4) is 73.4 Å². The lowest BCUT2D eigenvalue weighted by molar-refractivity contribution is 1.18. The van der Waals surface area contributed by atoms with Gasteiger partial charge in [-0.15, -0.1) is 0 Å². The third-order valence-corrected chi connectivity index (χ3v) is 10.7. The molecule has 1 heterocycles. The van der Waals surface area contributed by atoms with Crippen LogP contribution in [0, 0.1) is 11.3 Å². The normalized spacial score (nSPS) is 11.2. The van der Waals surface area contributed by atoms with Crippen LogP contribution in [0.4, 0.5) is 0 Å². The van der Waals surface area contributed by atoms with E-state index >= 15 is 0 Å². The van der Waals surface area contributed by atoms with E-state index in [0.29, 0.717) is 11.4 Å². The average Bonchev–Trinajstić information content (AvgIpc) is 3.28. The fraction of sp³-hybridized carbons (Fsp3) is 0. The van der Waals surface area contributed by atoms with Gasteiger partial charge in [-0.25, -0.2) is 9.97 Å². The fourth-order valence-electron chi connectivity index (χ4n) is 7.85. The lowest BCUT2D eigenvalue weighted by Crippen LogP contribution is -1.96. The summed E-state index contributed by atoms with van der Waals surface area (Å²) >= 11 is 0. The largest absolute Gasteiger partial charge is 0.228 e. The topological polar surface area (TPSA) is 49.6 Å². The van der Waals surface area contributed by atoms with Crippen LogP contribution in [-0.4, -0.2) is 9.97 Å². The number of aromatic nitrogens is 2. The van der Waals surface area contributed by atoms with Crippen LogP contribution in [0.5, 0.6) is 0 Å². The highest BCUT2D eigenvalue weighted by atomic mass is 14.9. The predicted octanol–water partition coefficient (Wildman–Crippen LogP) is 13.8. The molecule has 10 aromatic rings. The molecule has 9 aromatic carbocycles. The number of benzene rings is 9. The highest BCUT2D eigenvalue weighted by molar-refractivity contribution is 6.20. The van der Waals surface area contributed by atoms with Crippen molar-refractivity contribution in [2.75, 3.05) is 0 Å². The summed E-state index contributed by atoms with van der Waals surface area (Å²) in [4.78, 5) is 10.4. The van der Waals surface area contributed by atoms with Crippen molar-refractivity contribution in [3.63, 3.8) is 0 Å². The molecule has 0 aliphatic rings. The molecule has 0 N–H and O–H groups in total. The van der Waals surface area contributed by atoms with E-state index in [0.717, 1.165) is 50.3 Å². The maximum atomic E-state index is 9.33. The van der Waals surface area contributed by atoms with Gasteiger partial charge in [-0.2, -0.15) is 5.26 Å². The fourth-order valence-corrected chi connectivity index (χ4v) is 7.85. The van der Waals surface area contributed by atoms with Crippen LogP contribution < -0.4 is 0 Å². The second-order valence-electron chi connectivity index (χ2n) is 14.1. The van der Waals surface area contributed by atoms with Gasteiger partial charge in [0.05, 0.1) is 23.0 Å². The molecule has 0 fully saturated rings. The van der Waals surface area contributed by atoms with Gasteiger partial charge in [0.1, 0.15) is 0 Å². The zero-order valence-corrected chi connectivity index (χ0v) is 30.4. The molecule has 0 atom stereocenters. The molecule has 0 amide bonds. The lowest BCUT2D eigenvalue weighted by Gasteiger charge is -2.15. The molecule has 0 radical (unpaired) electrons. The van der Waals surface area contributed by atoms with Crippen LogP contribution in [0.15, 0.2) is 200 Å². The highest BCUT2D eigenvalue weighted by Gasteiger charge is 2.15. The third kappa shape index (κ3) is 6.06. The maximum Gasteiger partial charge on any atom is 0.160 e. The van der Waals surface area contributed by atoms with Gasteiger partial charge >= 0.3 is 0 Å². The quantitative estimate of drug-likeness (QED) is 0.127. The highest BCUT2D eigenvalue weighted by Crippen LogP contribution is 2.40. The number of nitrogens with zero attached hydrogens (tertiary/aromatic N) is 3. The summed E-state index contributed by atoms with van der Waals surface area (Å²) in [5.74, 6) is 0.661. The minimum atomic E-state index is 0.640. The van der Waals surface area contributed by atoms with Crippen molar-refractivity contribution in [2.45, 2.75) is 0 Å². The van der Waals surface area contributed by atoms with Crippen molar-refractivity contribution in [1.29, 1.82) is 5.26 Å². The molecular formula is C53H33N3. The minimum Gasteiger partial charge on any atom is -0.228 e. The van der Waals surface area contributed by atoms with E-state index in [2.05, 4.69) is 176 Å². The number of rotatable bonds is 6. The summed E-state index contributed by atoms with van der Waals surface area (Å²) in [5.41, 5.74) is 12.1. The SMILES string of the molecule is N#Cc1ccc(-c2cccc(-c3cc(-c4ccc(-c5ccccc5)cc4)nc(-c4ccc(-c5c6ccccc6cc6c5ccc5ccccc56)cc4)n3)c2)cc1. The standard InChI is InChI=1S/C53H33N3/c54-34-35-17-19-38(20-18-35)43-13-8-14-45(31-43)51-33-50(40-23-21-37(22-24-40)36-9-2-1-3-10-36)55-53(56-51)42-27-25-41(26-28-42)52-47-16-7-5-12-44(47)32-49-46-15-6-4-11-39(46)29-30-48(49)52/h1-33H. The number of hydrogen-bond acceptors (Lipinski definition) is 3. The Bertz CT molecular complexity index is 3100. The van der Waals surface area contributed by atoms with Gasteiger partial charge in [-0.05, 0) is 96.0 Å². The molecule has 0 aliphatic heterocycles. The molecule has 1 aromatic heterocycles. The van der Waals surface area contributed by atoms with Crippen LogP contribution in [0.25, 0.3) is 99.6 Å². The summed E-state index contributed by atoms with van der Waals surface area (Å²) in [5, 5.41) is 16.8. The number of nitriles is 1. The first-order chi connectivity index (χ1) is 27.7. The predicted molar refractivity (Wildman–Crippen MR) is 232 cm³/mol. The molecule has 260 valence electrons. The molecule has 0 spiro atoms. The molecule has 0 aliphatic carbocycles. The Morgan fingerprint density at radius 2 is 0.875 bits per heavy atom. The van der Waals surface area contributed by atoms with Crippen molar-refractivity contribution < 1.29 is 0 Å². The Labute approximate surface area is 325 Å². The smallest absolute Gasteiger partial charge is 0.160 e. The summed E-state index contributed by atoms with van der Waals surface area (Å²) in [7, 11) is 0. The molecule has 0 unspecified atom stereocenters. The molecule has 0 bridgehead atoms. The average molecular weight is 712 g/mol. The molecule has 10 rings (SSSR count). The lowest BCUT2D eigenvalue weighted by atomic mass is 9.89. The van der Waals surface area contributed by atoms with Crippen molar-refractivity contribution >= 4 is 32.3 Å². The van der Waals surface area contributed by atoms with Crippen molar-refractivity contribution in [3.05, 3.63) is 206 Å². The molecule has 0 saturated heterocycles. The second kappa shape index (κ2) is 14.0. The molecule has 56 heavy (non-hydrogen) atoms. The van der Waals surface area contributed by atoms with Crippen LogP contribution >= 0.6 is 0 Å². The minimum absolute atomic E-state index is 0.640. The van der Waals surface area contributed by atoms with E-state index in [4.69, 9.17) is 9.97 Å². The monoisotopic (exact) mass is 711 g/mol. The van der Waals surface area contributed by atoms with Gasteiger partial charge in [0, 0.05) is 16.7 Å². The Hall–Kier alpha value is -7.67. The molecule has 0 saturated carbocycles. The zero-order chi connectivity index (χ0) is 37.4. The van der Waals surface area contributed by atoms with Crippen LogP contribution in [-0.2, 0) is 0 Å². The van der Waals surface area contributed by atoms with Gasteiger partial charge in [0.15, 0.2) is 5.82 Å². The van der Waals surface area contributed by atoms with Crippen LogP contribution in [0.3, 0.4) is 0 Å². The summed E-state index contributed by atoms with van der Waals surface area (Å²) in [6, 6.07) is 72.3. The van der Waals surface area contributed by atoms with Gasteiger partial charge in [-0.1, -0.05) is 170 Å². The van der Waals surface area contributed by atoms with Gasteiger partial charge in [0.25, 0.3) is 0 Å². The first-order valence-corrected chi connectivity index (χ1v) is 18.8. The second-order valence-corrected chi connectivity index (χ2v) is 14.1. The van der Waals surface area contributed by atoms with E-state index in [-0.39, 0.29) is 0 Å². The Morgan fingerprint density at radius 3 is 1.64 bits per heavy atom. The van der Waals surface area contributed by atoms with Crippen molar-refractivity contribution in [2.24, 2.45) is 0 Å². The van der Waals surface area contributed by atoms with E-state index in [1.807, 2.05) is 30.3 Å². The van der Waals surface area contributed by atoms with Crippen LogP contribution in [0.2, 0.25) is 0 Å². The van der Waals surface area contributed by atoms with Gasteiger partial charge < -0.3 is 0 Å². The molecular weight excluding hydrogens is 679 g/mol. The summed E-state index contributed by atoms with van der Waals surface area (Å²) in [6.45, 7) is 0. The molecule has 3 nitrogen and oxygen atoms in total. The van der Waals surface area contributed by atoms with Crippen molar-refractivity contribution in [1.82, 2.24) is 9.97 Å². The first-order valence-electron chi connectivity index (χ1n) is 18.8. The van der Waals surface area contributed by atoms with E-state index in [1.165, 1.54) is 43.4 Å². The third-order valence-electron chi connectivity index (χ3n) is 10.7. The Balaban J connectivity index is 1.10. The summed E-state index contributed by atoms with van der Waals surface area (Å²) in [6.07, 6.45) is 0. The van der Waals surface area contributed by atoms with Crippen LogP contribution in [0.1, 0.15) is 5.56 Å². The summed E-state index contributed by atoms with van der Waals surface area (Å²) < 4.78 is 0. The van der Waals surface area contributed by atoms with E-state index in [1.54, 1.807) is 0 Å². The zero-order valence-electron chi connectivity index (χ0n) is 30.4. The number of fused-ring (bicyclic) bond motifs is 4. The van der Waals surface area contributed by atoms with E-state index in [9.17, 15) is 5.26 Å². The maximum absolute atomic E-state index is 9.33. The van der Waals surface area contributed by atoms with Gasteiger partial charge in [-0.3, -0.25) is 0 Å². The van der Waals surface area contributed by atoms with Gasteiger partial charge in [0.2, 0.25) is 0 Å².